The number of aryl methyl sites for hydroxylation is 3. The van der Waals surface area contributed by atoms with Crippen molar-refractivity contribution < 1.29 is 8.78 Å². The van der Waals surface area contributed by atoms with E-state index in [0.717, 1.165) is 60.0 Å². The Labute approximate surface area is 155 Å². The largest absolute Gasteiger partial charge is 0.382 e. The Kier molecular flexibility index (Phi) is 5.76. The molecule has 2 heterocycles. The van der Waals surface area contributed by atoms with Crippen LogP contribution in [0.2, 0.25) is 0 Å². The van der Waals surface area contributed by atoms with Gasteiger partial charge in [0.15, 0.2) is 5.82 Å². The molecule has 2 N–H and O–H groups in total. The lowest BCUT2D eigenvalue weighted by Gasteiger charge is -2.09. The number of aromatic nitrogens is 3. The summed E-state index contributed by atoms with van der Waals surface area (Å²) >= 11 is 1.43. The van der Waals surface area contributed by atoms with Crippen molar-refractivity contribution in [2.24, 2.45) is 0 Å². The van der Waals surface area contributed by atoms with Gasteiger partial charge in [-0.15, -0.1) is 11.8 Å². The number of thioether (sulfide) groups is 1. The number of fused-ring (bicyclic) bond motifs is 1. The highest BCUT2D eigenvalue weighted by molar-refractivity contribution is 7.99. The van der Waals surface area contributed by atoms with E-state index in [1.165, 1.54) is 23.9 Å². The maximum atomic E-state index is 13.6. The number of pyridine rings is 1. The number of nitrogen functional groups attached to an aromatic ring is 1. The van der Waals surface area contributed by atoms with Crippen molar-refractivity contribution >= 4 is 28.6 Å². The summed E-state index contributed by atoms with van der Waals surface area (Å²) < 4.78 is 28.7. The number of anilines is 1. The molecule has 138 valence electrons. The fraction of sp³-hybridized carbons (Fsp3) is 0.368. The fourth-order valence-corrected chi connectivity index (χ4v) is 3.96. The van der Waals surface area contributed by atoms with Crippen LogP contribution in [0.1, 0.15) is 30.7 Å². The van der Waals surface area contributed by atoms with Crippen molar-refractivity contribution in [1.82, 2.24) is 14.5 Å². The van der Waals surface area contributed by atoms with Crippen molar-refractivity contribution in [3.8, 4) is 0 Å². The number of hydrogen-bond donors (Lipinski definition) is 1. The zero-order valence-electron chi connectivity index (χ0n) is 14.9. The molecule has 26 heavy (non-hydrogen) atoms. The van der Waals surface area contributed by atoms with Gasteiger partial charge in [0.1, 0.15) is 23.0 Å². The average Bonchev–Trinajstić information content (AvgIpc) is 2.94. The third-order valence-electron chi connectivity index (χ3n) is 4.35. The van der Waals surface area contributed by atoms with Crippen LogP contribution in [0.3, 0.4) is 0 Å². The van der Waals surface area contributed by atoms with Gasteiger partial charge in [-0.2, -0.15) is 0 Å². The molecule has 0 bridgehead atoms. The normalized spacial score (nSPS) is 11.4. The third kappa shape index (κ3) is 3.98. The van der Waals surface area contributed by atoms with Crippen LogP contribution in [0.15, 0.2) is 29.3 Å². The Morgan fingerprint density at radius 2 is 1.96 bits per heavy atom. The van der Waals surface area contributed by atoms with Crippen molar-refractivity contribution in [2.75, 3.05) is 11.5 Å². The van der Waals surface area contributed by atoms with Crippen LogP contribution in [0.5, 0.6) is 0 Å². The molecule has 0 radical (unpaired) electrons. The monoisotopic (exact) mass is 376 g/mol. The molecule has 0 amide bonds. The fourth-order valence-electron chi connectivity index (χ4n) is 3.03. The lowest BCUT2D eigenvalue weighted by atomic mass is 10.2. The van der Waals surface area contributed by atoms with Crippen LogP contribution in [-0.4, -0.2) is 20.3 Å². The molecule has 0 fully saturated rings. The highest BCUT2D eigenvalue weighted by Gasteiger charge is 2.12. The van der Waals surface area contributed by atoms with E-state index in [1.54, 1.807) is 6.20 Å². The van der Waals surface area contributed by atoms with Gasteiger partial charge in [-0.3, -0.25) is 0 Å². The first-order chi connectivity index (χ1) is 12.5. The second kappa shape index (κ2) is 8.03. The highest BCUT2D eigenvalue weighted by Crippen LogP contribution is 2.25. The predicted octanol–water partition coefficient (Wildman–Crippen LogP) is 4.87. The quantitative estimate of drug-likeness (QED) is 0.472. The van der Waals surface area contributed by atoms with Crippen LogP contribution in [0.4, 0.5) is 14.6 Å². The van der Waals surface area contributed by atoms with Crippen LogP contribution >= 0.6 is 11.8 Å². The summed E-state index contributed by atoms with van der Waals surface area (Å²) in [5.41, 5.74) is 8.82. The topological polar surface area (TPSA) is 56.7 Å². The smallest absolute Gasteiger partial charge is 0.151 e. The van der Waals surface area contributed by atoms with Gasteiger partial charge in [0, 0.05) is 23.7 Å². The number of nitrogens with two attached hydrogens (primary N) is 1. The molecule has 0 aliphatic rings. The Balaban J connectivity index is 1.52. The molecule has 2 aromatic heterocycles. The summed E-state index contributed by atoms with van der Waals surface area (Å²) in [5, 5.41) is 0. The molecule has 0 aliphatic heterocycles. The molecule has 0 saturated carbocycles. The number of benzene rings is 1. The molecule has 3 aromatic rings. The van der Waals surface area contributed by atoms with E-state index in [2.05, 4.69) is 14.5 Å². The number of rotatable bonds is 7. The minimum Gasteiger partial charge on any atom is -0.382 e. The summed E-state index contributed by atoms with van der Waals surface area (Å²) in [6.07, 6.45) is 4.77. The summed E-state index contributed by atoms with van der Waals surface area (Å²) in [6, 6.07) is 3.72. The zero-order chi connectivity index (χ0) is 18.7. The van der Waals surface area contributed by atoms with Gasteiger partial charge in [-0.1, -0.05) is 6.42 Å². The predicted molar refractivity (Wildman–Crippen MR) is 102 cm³/mol. The standard InChI is InChI=1S/C19H22F2N4S/c1-12-11-23-19(22)17-18(12)25(13(2)24-17)8-4-3-5-9-26-16-7-6-14(20)10-15(16)21/h6-7,10-11H,3-5,8-9H2,1-2H3,(H2,22,23). The van der Waals surface area contributed by atoms with Gasteiger partial charge >= 0.3 is 0 Å². The van der Waals surface area contributed by atoms with E-state index in [4.69, 9.17) is 5.73 Å². The number of unbranched alkanes of at least 4 members (excludes halogenated alkanes) is 2. The van der Waals surface area contributed by atoms with Crippen LogP contribution < -0.4 is 5.73 Å². The van der Waals surface area contributed by atoms with Gasteiger partial charge in [0.2, 0.25) is 0 Å². The SMILES string of the molecule is Cc1cnc(N)c2nc(C)n(CCCCCSc3ccc(F)cc3F)c12. The molecule has 0 atom stereocenters. The molecule has 7 heteroatoms. The summed E-state index contributed by atoms with van der Waals surface area (Å²) in [4.78, 5) is 9.21. The molecule has 0 aliphatic carbocycles. The van der Waals surface area contributed by atoms with Crippen molar-refractivity contribution in [2.45, 2.75) is 44.6 Å². The second-order valence-corrected chi connectivity index (χ2v) is 7.45. The van der Waals surface area contributed by atoms with E-state index in [9.17, 15) is 8.78 Å². The maximum Gasteiger partial charge on any atom is 0.151 e. The molecule has 3 rings (SSSR count). The van der Waals surface area contributed by atoms with E-state index in [-0.39, 0.29) is 0 Å². The Hall–Kier alpha value is -2.15. The van der Waals surface area contributed by atoms with Gasteiger partial charge in [0.05, 0.1) is 5.52 Å². The Bertz CT molecular complexity index is 924. The minimum absolute atomic E-state index is 0.463. The lowest BCUT2D eigenvalue weighted by Crippen LogP contribution is -2.02. The van der Waals surface area contributed by atoms with E-state index in [1.807, 2.05) is 13.8 Å². The molecular weight excluding hydrogens is 354 g/mol. The summed E-state index contributed by atoms with van der Waals surface area (Å²) in [7, 11) is 0. The second-order valence-electron chi connectivity index (χ2n) is 6.32. The molecule has 0 saturated heterocycles. The summed E-state index contributed by atoms with van der Waals surface area (Å²) in [5.74, 6) is 1.18. The summed E-state index contributed by atoms with van der Waals surface area (Å²) in [6.45, 7) is 4.86. The average molecular weight is 376 g/mol. The van der Waals surface area contributed by atoms with Gasteiger partial charge < -0.3 is 10.3 Å². The first-order valence-electron chi connectivity index (χ1n) is 8.63. The number of halogens is 2. The molecule has 0 unspecified atom stereocenters. The van der Waals surface area contributed by atoms with E-state index >= 15 is 0 Å². The van der Waals surface area contributed by atoms with Gasteiger partial charge in [0.25, 0.3) is 0 Å². The Morgan fingerprint density at radius 3 is 2.73 bits per heavy atom. The maximum absolute atomic E-state index is 13.6. The number of imidazole rings is 1. The number of nitrogens with zero attached hydrogens (tertiary/aromatic N) is 3. The molecule has 0 spiro atoms. The highest BCUT2D eigenvalue weighted by atomic mass is 32.2. The zero-order valence-corrected chi connectivity index (χ0v) is 15.7. The van der Waals surface area contributed by atoms with Gasteiger partial charge in [-0.05, 0) is 50.1 Å². The van der Waals surface area contributed by atoms with Crippen LogP contribution in [0, 0.1) is 25.5 Å². The van der Waals surface area contributed by atoms with Gasteiger partial charge in [-0.25, -0.2) is 18.7 Å². The van der Waals surface area contributed by atoms with Crippen molar-refractivity contribution in [1.29, 1.82) is 0 Å². The molecular formula is C19H22F2N4S. The van der Waals surface area contributed by atoms with Crippen LogP contribution in [-0.2, 0) is 6.54 Å². The molecule has 1 aromatic carbocycles. The minimum atomic E-state index is -0.541. The van der Waals surface area contributed by atoms with Crippen molar-refractivity contribution in [3.63, 3.8) is 0 Å². The third-order valence-corrected chi connectivity index (χ3v) is 5.48. The first-order valence-corrected chi connectivity index (χ1v) is 9.61. The molecule has 4 nitrogen and oxygen atoms in total. The first kappa shape index (κ1) is 18.6. The van der Waals surface area contributed by atoms with E-state index < -0.39 is 11.6 Å². The number of hydrogen-bond acceptors (Lipinski definition) is 4. The Morgan fingerprint density at radius 1 is 1.15 bits per heavy atom. The van der Waals surface area contributed by atoms with Crippen LogP contribution in [0.25, 0.3) is 11.0 Å². The van der Waals surface area contributed by atoms with E-state index in [0.29, 0.717) is 10.7 Å². The van der Waals surface area contributed by atoms with Crippen molar-refractivity contribution in [3.05, 3.63) is 47.4 Å². The lowest BCUT2D eigenvalue weighted by molar-refractivity contribution is 0.565.